The van der Waals surface area contributed by atoms with Crippen molar-refractivity contribution in [1.29, 1.82) is 0 Å². The smallest absolute Gasteiger partial charge is 0.326 e. The van der Waals surface area contributed by atoms with Gasteiger partial charge in [-0.15, -0.1) is 0 Å². The molecule has 1 atom stereocenters. The van der Waals surface area contributed by atoms with Crippen LogP contribution in [-0.2, 0) is 9.59 Å². The van der Waals surface area contributed by atoms with Crippen molar-refractivity contribution in [3.63, 3.8) is 0 Å². The third kappa shape index (κ3) is 10.5. The van der Waals surface area contributed by atoms with Crippen LogP contribution < -0.4 is 10.6 Å². The second-order valence-corrected chi connectivity index (χ2v) is 5.28. The lowest BCUT2D eigenvalue weighted by molar-refractivity contribution is -0.145. The summed E-state index contributed by atoms with van der Waals surface area (Å²) in [4.78, 5) is 32.6. The van der Waals surface area contributed by atoms with Gasteiger partial charge in [-0.05, 0) is 24.9 Å². The molecule has 4 N–H and O–H groups in total. The standard InChI is InChI=1S/C12H22N2O5S/c1-20-7-5-3-2-4-6-13-12(19)14-9(11(17)18)8-10(15)16/h9H,2-8H2,1H3,(H,15,16)(H,17,18)(H2,13,14,19)/t9-/m1/s1. The first-order chi connectivity index (χ1) is 9.47. The Balaban J connectivity index is 3.75. The van der Waals surface area contributed by atoms with Gasteiger partial charge in [0, 0.05) is 6.54 Å². The topological polar surface area (TPSA) is 116 Å². The molecule has 0 radical (unpaired) electrons. The molecule has 0 aliphatic heterocycles. The van der Waals surface area contributed by atoms with Crippen molar-refractivity contribution < 1.29 is 24.6 Å². The van der Waals surface area contributed by atoms with Gasteiger partial charge >= 0.3 is 18.0 Å². The summed E-state index contributed by atoms with van der Waals surface area (Å²) in [6.45, 7) is 0.449. The van der Waals surface area contributed by atoms with E-state index in [0.717, 1.165) is 31.4 Å². The molecule has 0 fully saturated rings. The molecule has 0 heterocycles. The van der Waals surface area contributed by atoms with E-state index >= 15 is 0 Å². The zero-order valence-electron chi connectivity index (χ0n) is 11.6. The first kappa shape index (κ1) is 18.6. The first-order valence-corrected chi connectivity index (χ1v) is 7.84. The molecule has 0 spiro atoms. The van der Waals surface area contributed by atoms with Crippen molar-refractivity contribution in [2.45, 2.75) is 38.1 Å². The molecule has 0 aliphatic carbocycles. The van der Waals surface area contributed by atoms with Gasteiger partial charge < -0.3 is 20.8 Å². The van der Waals surface area contributed by atoms with E-state index in [0.29, 0.717) is 6.54 Å². The summed E-state index contributed by atoms with van der Waals surface area (Å²) in [5.74, 6) is -1.50. The van der Waals surface area contributed by atoms with Crippen molar-refractivity contribution in [2.75, 3.05) is 18.6 Å². The van der Waals surface area contributed by atoms with Gasteiger partial charge in [0.15, 0.2) is 0 Å². The van der Waals surface area contributed by atoms with Gasteiger partial charge in [-0.3, -0.25) is 4.79 Å². The van der Waals surface area contributed by atoms with Gasteiger partial charge in [0.25, 0.3) is 0 Å². The largest absolute Gasteiger partial charge is 0.481 e. The third-order valence-electron chi connectivity index (χ3n) is 2.54. The van der Waals surface area contributed by atoms with E-state index in [9.17, 15) is 14.4 Å². The minimum atomic E-state index is -1.41. The monoisotopic (exact) mass is 306 g/mol. The molecule has 8 heteroatoms. The quantitative estimate of drug-likeness (QED) is 0.425. The van der Waals surface area contributed by atoms with Crippen molar-refractivity contribution in [3.8, 4) is 0 Å². The minimum absolute atomic E-state index is 0.449. The van der Waals surface area contributed by atoms with Crippen molar-refractivity contribution in [1.82, 2.24) is 10.6 Å². The number of carboxylic acid groups (broad SMARTS) is 2. The van der Waals surface area contributed by atoms with Crippen LogP contribution in [0.2, 0.25) is 0 Å². The summed E-state index contributed by atoms with van der Waals surface area (Å²) in [7, 11) is 0. The van der Waals surface area contributed by atoms with Crippen LogP contribution in [0.5, 0.6) is 0 Å². The number of hydrogen-bond acceptors (Lipinski definition) is 4. The molecule has 0 aromatic heterocycles. The van der Waals surface area contributed by atoms with Crippen LogP contribution in [-0.4, -0.2) is 52.8 Å². The number of amides is 2. The average molecular weight is 306 g/mol. The lowest BCUT2D eigenvalue weighted by atomic mass is 10.2. The maximum Gasteiger partial charge on any atom is 0.326 e. The summed E-state index contributed by atoms with van der Waals surface area (Å²) < 4.78 is 0. The van der Waals surface area contributed by atoms with Crippen LogP contribution >= 0.6 is 11.8 Å². The van der Waals surface area contributed by atoms with E-state index < -0.39 is 30.4 Å². The summed E-state index contributed by atoms with van der Waals surface area (Å²) >= 11 is 1.80. The van der Waals surface area contributed by atoms with Crippen molar-refractivity contribution in [3.05, 3.63) is 0 Å². The maximum atomic E-state index is 11.4. The van der Waals surface area contributed by atoms with Crippen LogP contribution in [0.15, 0.2) is 0 Å². The fourth-order valence-electron chi connectivity index (χ4n) is 1.51. The Labute approximate surface area is 122 Å². The zero-order valence-corrected chi connectivity index (χ0v) is 12.4. The molecule has 0 saturated heterocycles. The predicted octanol–water partition coefficient (Wildman–Crippen LogP) is 1.14. The second-order valence-electron chi connectivity index (χ2n) is 4.30. The maximum absolute atomic E-state index is 11.4. The Kier molecular flexibility index (Phi) is 10.6. The van der Waals surface area contributed by atoms with E-state index in [1.54, 1.807) is 11.8 Å². The average Bonchev–Trinajstić information content (AvgIpc) is 2.36. The molecule has 0 aromatic carbocycles. The van der Waals surface area contributed by atoms with Crippen molar-refractivity contribution in [2.24, 2.45) is 0 Å². The summed E-state index contributed by atoms with van der Waals surface area (Å²) in [5, 5.41) is 21.9. The first-order valence-electron chi connectivity index (χ1n) is 6.45. The number of carbonyl (C=O) groups excluding carboxylic acids is 1. The Morgan fingerprint density at radius 2 is 1.75 bits per heavy atom. The number of hydrogen-bond donors (Lipinski definition) is 4. The zero-order chi connectivity index (χ0) is 15.4. The summed E-state index contributed by atoms with van der Waals surface area (Å²) in [5.41, 5.74) is 0. The van der Waals surface area contributed by atoms with E-state index in [-0.39, 0.29) is 0 Å². The van der Waals surface area contributed by atoms with Crippen LogP contribution in [0.1, 0.15) is 32.1 Å². The molecule has 0 saturated carbocycles. The number of nitrogens with one attached hydrogen (secondary N) is 2. The molecule has 116 valence electrons. The lowest BCUT2D eigenvalue weighted by Gasteiger charge is -2.13. The number of urea groups is 1. The second kappa shape index (κ2) is 11.4. The number of carboxylic acids is 2. The van der Waals surface area contributed by atoms with Crippen molar-refractivity contribution >= 4 is 29.7 Å². The highest BCUT2D eigenvalue weighted by atomic mass is 32.2. The van der Waals surface area contributed by atoms with Gasteiger partial charge in [-0.1, -0.05) is 12.8 Å². The van der Waals surface area contributed by atoms with E-state index in [4.69, 9.17) is 10.2 Å². The van der Waals surface area contributed by atoms with Crippen LogP contribution in [0.3, 0.4) is 0 Å². The normalized spacial score (nSPS) is 11.7. The molecular formula is C12H22N2O5S. The van der Waals surface area contributed by atoms with Gasteiger partial charge in [-0.2, -0.15) is 11.8 Å². The lowest BCUT2D eigenvalue weighted by Crippen LogP contribution is -2.47. The number of aliphatic carboxylic acids is 2. The molecule has 2 amide bonds. The Morgan fingerprint density at radius 1 is 1.10 bits per heavy atom. The van der Waals surface area contributed by atoms with Crippen LogP contribution in [0.25, 0.3) is 0 Å². The molecule has 0 bridgehead atoms. The molecule has 0 aromatic rings. The predicted molar refractivity (Wildman–Crippen MR) is 77.1 cm³/mol. The third-order valence-corrected chi connectivity index (χ3v) is 3.24. The molecule has 0 unspecified atom stereocenters. The fourth-order valence-corrected chi connectivity index (χ4v) is 2.00. The number of thioether (sulfide) groups is 1. The Morgan fingerprint density at radius 3 is 2.30 bits per heavy atom. The minimum Gasteiger partial charge on any atom is -0.481 e. The van der Waals surface area contributed by atoms with Crippen LogP contribution in [0, 0.1) is 0 Å². The number of unbranched alkanes of at least 4 members (excludes halogenated alkanes) is 3. The van der Waals surface area contributed by atoms with Gasteiger partial charge in [0.05, 0.1) is 6.42 Å². The van der Waals surface area contributed by atoms with Gasteiger partial charge in [-0.25, -0.2) is 9.59 Å². The van der Waals surface area contributed by atoms with Crippen LogP contribution in [0.4, 0.5) is 4.79 Å². The molecule has 0 rings (SSSR count). The van der Waals surface area contributed by atoms with E-state index in [2.05, 4.69) is 16.9 Å². The van der Waals surface area contributed by atoms with Gasteiger partial charge in [0.2, 0.25) is 0 Å². The number of rotatable bonds is 11. The highest BCUT2D eigenvalue weighted by molar-refractivity contribution is 7.98. The van der Waals surface area contributed by atoms with E-state index in [1.807, 2.05) is 0 Å². The SMILES string of the molecule is CSCCCCCCNC(=O)N[C@H](CC(=O)O)C(=O)O. The number of carbonyl (C=O) groups is 3. The highest BCUT2D eigenvalue weighted by Crippen LogP contribution is 2.03. The molecule has 7 nitrogen and oxygen atoms in total. The Bertz CT molecular complexity index is 325. The molecule has 20 heavy (non-hydrogen) atoms. The molecular weight excluding hydrogens is 284 g/mol. The highest BCUT2D eigenvalue weighted by Gasteiger charge is 2.22. The van der Waals surface area contributed by atoms with E-state index in [1.165, 1.54) is 0 Å². The summed E-state index contributed by atoms with van der Waals surface area (Å²) in [6, 6.07) is -2.06. The van der Waals surface area contributed by atoms with Gasteiger partial charge in [0.1, 0.15) is 6.04 Å². The Hall–Kier alpha value is -1.44. The fraction of sp³-hybridized carbons (Fsp3) is 0.750. The summed E-state index contributed by atoms with van der Waals surface area (Å²) in [6.07, 6.45) is 5.48. The molecule has 0 aliphatic rings.